The summed E-state index contributed by atoms with van der Waals surface area (Å²) >= 11 is 0. The van der Waals surface area contributed by atoms with Gasteiger partial charge in [0.1, 0.15) is 0 Å². The van der Waals surface area contributed by atoms with Crippen LogP contribution >= 0.6 is 0 Å². The van der Waals surface area contributed by atoms with Crippen LogP contribution in [0.4, 0.5) is 0 Å². The maximum absolute atomic E-state index is 11.9. The molecule has 0 saturated heterocycles. The molecule has 0 fully saturated rings. The lowest BCUT2D eigenvalue weighted by Gasteiger charge is -2.22. The van der Waals surface area contributed by atoms with Gasteiger partial charge in [-0.3, -0.25) is 4.68 Å². The lowest BCUT2D eigenvalue weighted by Crippen LogP contribution is -2.26. The van der Waals surface area contributed by atoms with Gasteiger partial charge < -0.3 is 0 Å². The summed E-state index contributed by atoms with van der Waals surface area (Å²) in [5, 5.41) is 5.93. The summed E-state index contributed by atoms with van der Waals surface area (Å²) in [6.45, 7) is 6.96. The molecule has 122 valence electrons. The molecule has 0 N–H and O–H groups in total. The van der Waals surface area contributed by atoms with Crippen molar-refractivity contribution in [1.82, 2.24) is 14.1 Å². The minimum Gasteiger partial charge on any atom is -0.259 e. The third kappa shape index (κ3) is 3.23. The van der Waals surface area contributed by atoms with Crippen molar-refractivity contribution in [3.8, 4) is 11.3 Å². The molecule has 1 aliphatic rings. The smallest absolute Gasteiger partial charge is 0.236 e. The number of hydrogen-bond donors (Lipinski definition) is 0. The Morgan fingerprint density at radius 3 is 2.43 bits per heavy atom. The van der Waals surface area contributed by atoms with Gasteiger partial charge in [0, 0.05) is 12.0 Å². The van der Waals surface area contributed by atoms with E-state index < -0.39 is 10.0 Å². The van der Waals surface area contributed by atoms with Crippen molar-refractivity contribution in [3.05, 3.63) is 53.6 Å². The van der Waals surface area contributed by atoms with Gasteiger partial charge in [-0.15, -0.1) is 0 Å². The Hall–Kier alpha value is -1.92. The van der Waals surface area contributed by atoms with Gasteiger partial charge in [-0.1, -0.05) is 36.4 Å². The first kappa shape index (κ1) is 16.0. The fraction of sp³-hybridized carbons (Fsp3) is 0.353. The highest BCUT2D eigenvalue weighted by Gasteiger charge is 2.26. The Labute approximate surface area is 137 Å². The molecule has 0 spiro atoms. The number of aromatic nitrogens is 2. The minimum absolute atomic E-state index is 0.189. The topological polar surface area (TPSA) is 55.2 Å². The van der Waals surface area contributed by atoms with Gasteiger partial charge in [0.25, 0.3) is 0 Å². The fourth-order valence-electron chi connectivity index (χ4n) is 2.64. The summed E-state index contributed by atoms with van der Waals surface area (Å²) in [5.74, 6) is 0. The molecule has 2 aromatic rings. The summed E-state index contributed by atoms with van der Waals surface area (Å²) in [6, 6.07) is 12.0. The molecular formula is C17H21N3O2S. The zero-order valence-electron chi connectivity index (χ0n) is 13.6. The van der Waals surface area contributed by atoms with E-state index in [0.717, 1.165) is 17.0 Å². The van der Waals surface area contributed by atoms with Crippen LogP contribution in [-0.2, 0) is 22.1 Å². The van der Waals surface area contributed by atoms with Crippen molar-refractivity contribution in [2.75, 3.05) is 6.54 Å². The Kier molecular flexibility index (Phi) is 3.90. The van der Waals surface area contributed by atoms with Crippen LogP contribution in [0, 0.1) is 0 Å². The maximum Gasteiger partial charge on any atom is 0.236 e. The molecule has 0 amide bonds. The lowest BCUT2D eigenvalue weighted by atomic mass is 10.1. The highest BCUT2D eigenvalue weighted by molar-refractivity contribution is 7.92. The normalized spacial score (nSPS) is 17.7. The van der Waals surface area contributed by atoms with Crippen molar-refractivity contribution < 1.29 is 8.42 Å². The van der Waals surface area contributed by atoms with Crippen LogP contribution < -0.4 is 0 Å². The van der Waals surface area contributed by atoms with Crippen LogP contribution in [0.3, 0.4) is 0 Å². The molecule has 1 aliphatic heterocycles. The molecule has 0 radical (unpaired) electrons. The number of sulfonamides is 1. The second-order valence-corrected chi connectivity index (χ2v) is 8.50. The van der Waals surface area contributed by atoms with Crippen LogP contribution in [0.2, 0.25) is 0 Å². The van der Waals surface area contributed by atoms with Gasteiger partial charge in [-0.2, -0.15) is 9.40 Å². The van der Waals surface area contributed by atoms with Crippen LogP contribution in [0.15, 0.2) is 47.9 Å². The van der Waals surface area contributed by atoms with Crippen LogP contribution in [0.5, 0.6) is 0 Å². The molecule has 0 atom stereocenters. The van der Waals surface area contributed by atoms with Crippen LogP contribution in [-0.4, -0.2) is 29.0 Å². The zero-order valence-corrected chi connectivity index (χ0v) is 14.4. The van der Waals surface area contributed by atoms with Crippen molar-refractivity contribution in [1.29, 1.82) is 0 Å². The minimum atomic E-state index is -3.29. The lowest BCUT2D eigenvalue weighted by molar-refractivity contribution is 0.353. The van der Waals surface area contributed by atoms with Crippen LogP contribution in [0.1, 0.15) is 26.5 Å². The molecule has 0 unspecified atom stereocenters. The van der Waals surface area contributed by atoms with E-state index in [1.54, 1.807) is 6.08 Å². The number of benzene rings is 1. The van der Waals surface area contributed by atoms with Crippen LogP contribution in [0.25, 0.3) is 11.3 Å². The molecular weight excluding hydrogens is 310 g/mol. The average Bonchev–Trinajstić information content (AvgIpc) is 3.04. The maximum atomic E-state index is 11.9. The van der Waals surface area contributed by atoms with Crippen molar-refractivity contribution >= 4 is 10.0 Å². The first-order valence-corrected chi connectivity index (χ1v) is 9.09. The molecule has 0 bridgehead atoms. The SMILES string of the molecule is CC(C)(C)n1nc(CN2CC=CS2(=O)=O)cc1-c1ccccc1. The predicted molar refractivity (Wildman–Crippen MR) is 91.1 cm³/mol. The highest BCUT2D eigenvalue weighted by atomic mass is 32.2. The summed E-state index contributed by atoms with van der Waals surface area (Å²) in [4.78, 5) is 0. The van der Waals surface area contributed by atoms with Crippen molar-refractivity contribution in [3.63, 3.8) is 0 Å². The summed E-state index contributed by atoms with van der Waals surface area (Å²) in [6.07, 6.45) is 1.66. The molecule has 0 saturated carbocycles. The molecule has 0 aliphatic carbocycles. The standard InChI is InChI=1S/C17H21N3O2S/c1-17(2,3)20-16(14-8-5-4-6-9-14)12-15(18-20)13-19-10-7-11-23(19,21)22/h4-9,11-12H,10,13H2,1-3H3. The third-order valence-electron chi connectivity index (χ3n) is 3.74. The van der Waals surface area contributed by atoms with E-state index in [2.05, 4.69) is 25.9 Å². The van der Waals surface area contributed by atoms with Crippen molar-refractivity contribution in [2.45, 2.75) is 32.9 Å². The monoisotopic (exact) mass is 331 g/mol. The van der Waals surface area contributed by atoms with Gasteiger partial charge in [0.15, 0.2) is 0 Å². The first-order chi connectivity index (χ1) is 10.8. The van der Waals surface area contributed by atoms with Gasteiger partial charge in [0.2, 0.25) is 10.0 Å². The van der Waals surface area contributed by atoms with E-state index in [-0.39, 0.29) is 12.1 Å². The van der Waals surface area contributed by atoms with E-state index in [4.69, 9.17) is 0 Å². The Morgan fingerprint density at radius 1 is 1.17 bits per heavy atom. The molecule has 3 rings (SSSR count). The van der Waals surface area contributed by atoms with E-state index in [9.17, 15) is 8.42 Å². The second kappa shape index (κ2) is 5.62. The van der Waals surface area contributed by atoms with Gasteiger partial charge in [0.05, 0.1) is 23.5 Å². The van der Waals surface area contributed by atoms with Gasteiger partial charge >= 0.3 is 0 Å². The van der Waals surface area contributed by atoms with Gasteiger partial charge in [-0.05, 0) is 32.4 Å². The molecule has 1 aromatic heterocycles. The second-order valence-electron chi connectivity index (χ2n) is 6.68. The Bertz CT molecular complexity index is 830. The third-order valence-corrected chi connectivity index (χ3v) is 5.27. The van der Waals surface area contributed by atoms with E-state index in [1.807, 2.05) is 41.1 Å². The zero-order chi connectivity index (χ0) is 16.7. The Morgan fingerprint density at radius 2 is 1.87 bits per heavy atom. The summed E-state index contributed by atoms with van der Waals surface area (Å²) in [5.41, 5.74) is 2.64. The predicted octanol–water partition coefficient (Wildman–Crippen LogP) is 2.96. The largest absolute Gasteiger partial charge is 0.259 e. The Balaban J connectivity index is 1.99. The van der Waals surface area contributed by atoms with E-state index in [1.165, 1.54) is 9.71 Å². The van der Waals surface area contributed by atoms with E-state index >= 15 is 0 Å². The molecule has 6 heteroatoms. The number of hydrogen-bond acceptors (Lipinski definition) is 3. The highest BCUT2D eigenvalue weighted by Crippen LogP contribution is 2.27. The number of nitrogens with zero attached hydrogens (tertiary/aromatic N) is 3. The summed E-state index contributed by atoms with van der Waals surface area (Å²) in [7, 11) is -3.29. The average molecular weight is 331 g/mol. The quantitative estimate of drug-likeness (QED) is 0.869. The molecule has 2 heterocycles. The van der Waals surface area contributed by atoms with Crippen molar-refractivity contribution in [2.24, 2.45) is 0 Å². The fourth-order valence-corrected chi connectivity index (χ4v) is 3.75. The molecule has 1 aromatic carbocycles. The molecule has 23 heavy (non-hydrogen) atoms. The first-order valence-electron chi connectivity index (χ1n) is 7.59. The van der Waals surface area contributed by atoms with Gasteiger partial charge in [-0.25, -0.2) is 8.42 Å². The number of rotatable bonds is 3. The van der Waals surface area contributed by atoms with E-state index in [0.29, 0.717) is 6.54 Å². The molecule has 5 nitrogen and oxygen atoms in total. The summed E-state index contributed by atoms with van der Waals surface area (Å²) < 4.78 is 27.3.